The first-order valence-corrected chi connectivity index (χ1v) is 9.75. The number of carbonyl (C=O) groups excluding carboxylic acids is 1. The first-order chi connectivity index (χ1) is 11.1. The minimum absolute atomic E-state index is 0.0398. The number of phenols is 1. The molecule has 0 unspecified atom stereocenters. The Kier molecular flexibility index (Phi) is 7.96. The molecule has 0 aliphatic rings. The maximum absolute atomic E-state index is 11.2. The molecule has 0 spiro atoms. The Hall–Kier alpha value is -1.34. The summed E-state index contributed by atoms with van der Waals surface area (Å²) < 4.78 is 4.61. The van der Waals surface area contributed by atoms with E-state index in [1.54, 1.807) is 0 Å². The number of aliphatic carboxylic acids is 1. The van der Waals surface area contributed by atoms with Crippen LogP contribution in [-0.4, -0.2) is 40.8 Å². The van der Waals surface area contributed by atoms with Crippen molar-refractivity contribution in [3.05, 3.63) is 28.8 Å². The Morgan fingerprint density at radius 1 is 1.12 bits per heavy atom. The van der Waals surface area contributed by atoms with Gasteiger partial charge in [0, 0.05) is 17.1 Å². The van der Waals surface area contributed by atoms with Crippen LogP contribution in [0.3, 0.4) is 0 Å². The van der Waals surface area contributed by atoms with Gasteiger partial charge in [-0.15, -0.1) is 23.5 Å². The summed E-state index contributed by atoms with van der Waals surface area (Å²) in [5, 5.41) is 19.3. The summed E-state index contributed by atoms with van der Waals surface area (Å²) in [6, 6.07) is 3.81. The van der Waals surface area contributed by atoms with Crippen molar-refractivity contribution >= 4 is 35.5 Å². The van der Waals surface area contributed by atoms with Gasteiger partial charge in [-0.1, -0.05) is 32.9 Å². The van der Waals surface area contributed by atoms with Gasteiger partial charge in [0.1, 0.15) is 5.75 Å². The van der Waals surface area contributed by atoms with Crippen molar-refractivity contribution in [3.8, 4) is 5.75 Å². The molecule has 24 heavy (non-hydrogen) atoms. The van der Waals surface area contributed by atoms with Crippen molar-refractivity contribution in [2.75, 3.05) is 18.6 Å². The molecule has 0 aliphatic heterocycles. The zero-order valence-electron chi connectivity index (χ0n) is 14.4. The van der Waals surface area contributed by atoms with Crippen molar-refractivity contribution in [3.63, 3.8) is 0 Å². The molecule has 1 aromatic rings. The fourth-order valence-electron chi connectivity index (χ4n) is 2.09. The highest BCUT2D eigenvalue weighted by Crippen LogP contribution is 2.36. The smallest absolute Gasteiger partial charge is 0.315 e. The average molecular weight is 373 g/mol. The van der Waals surface area contributed by atoms with E-state index in [9.17, 15) is 14.7 Å². The third-order valence-electron chi connectivity index (χ3n) is 3.26. The van der Waals surface area contributed by atoms with Gasteiger partial charge in [-0.25, -0.2) is 0 Å². The summed E-state index contributed by atoms with van der Waals surface area (Å²) in [6.07, 6.45) is 0. The molecule has 1 aromatic carbocycles. The van der Waals surface area contributed by atoms with Crippen LogP contribution in [0.4, 0.5) is 0 Å². The molecule has 1 rings (SSSR count). The van der Waals surface area contributed by atoms with E-state index in [0.29, 0.717) is 11.5 Å². The fraction of sp³-hybridized carbons (Fsp3) is 0.529. The maximum Gasteiger partial charge on any atom is 0.315 e. The van der Waals surface area contributed by atoms with Crippen LogP contribution in [0.1, 0.15) is 37.5 Å². The highest BCUT2D eigenvalue weighted by molar-refractivity contribution is 7.99. The summed E-state index contributed by atoms with van der Waals surface area (Å²) in [6.45, 7) is 6.05. The van der Waals surface area contributed by atoms with Gasteiger partial charge in [-0.3, -0.25) is 9.59 Å². The SMILES string of the molecule is COC(=O)CSCc1cc(CSCC(=O)O)cc(C(C)(C)C)c1O. The molecule has 0 radical (unpaired) electrons. The van der Waals surface area contributed by atoms with Crippen molar-refractivity contribution in [2.45, 2.75) is 37.7 Å². The summed E-state index contributed by atoms with van der Waals surface area (Å²) in [5.74, 6) is 0.405. The lowest BCUT2D eigenvalue weighted by atomic mass is 9.84. The van der Waals surface area contributed by atoms with Crippen LogP contribution in [-0.2, 0) is 31.2 Å². The number of methoxy groups -OCH3 is 1. The van der Waals surface area contributed by atoms with Gasteiger partial charge in [0.15, 0.2) is 0 Å². The van der Waals surface area contributed by atoms with E-state index in [1.165, 1.54) is 30.6 Å². The number of rotatable bonds is 8. The molecular weight excluding hydrogens is 348 g/mol. The van der Waals surface area contributed by atoms with Gasteiger partial charge in [-0.2, -0.15) is 0 Å². The van der Waals surface area contributed by atoms with Crippen molar-refractivity contribution in [2.24, 2.45) is 0 Å². The number of ether oxygens (including phenoxy) is 1. The number of aromatic hydroxyl groups is 1. The Balaban J connectivity index is 2.98. The Morgan fingerprint density at radius 2 is 1.75 bits per heavy atom. The third kappa shape index (κ3) is 6.65. The summed E-state index contributed by atoms with van der Waals surface area (Å²) in [5.41, 5.74) is 2.31. The number of esters is 1. The maximum atomic E-state index is 11.2. The van der Waals surface area contributed by atoms with E-state index in [-0.39, 0.29) is 28.6 Å². The van der Waals surface area contributed by atoms with Crippen LogP contribution in [0.15, 0.2) is 12.1 Å². The van der Waals surface area contributed by atoms with Crippen LogP contribution in [0.2, 0.25) is 0 Å². The first-order valence-electron chi connectivity index (χ1n) is 7.44. The average Bonchev–Trinajstić information content (AvgIpc) is 2.48. The number of thioether (sulfide) groups is 2. The number of carboxylic acid groups (broad SMARTS) is 1. The summed E-state index contributed by atoms with van der Waals surface area (Å²) >= 11 is 2.69. The van der Waals surface area contributed by atoms with Crippen LogP contribution >= 0.6 is 23.5 Å². The van der Waals surface area contributed by atoms with E-state index in [0.717, 1.165) is 16.7 Å². The van der Waals surface area contributed by atoms with Crippen LogP contribution in [0.5, 0.6) is 5.75 Å². The number of hydrogen-bond acceptors (Lipinski definition) is 6. The minimum Gasteiger partial charge on any atom is -0.507 e. The molecule has 7 heteroatoms. The Bertz CT molecular complexity index is 593. The van der Waals surface area contributed by atoms with E-state index < -0.39 is 5.97 Å². The number of hydrogen-bond donors (Lipinski definition) is 2. The molecule has 5 nitrogen and oxygen atoms in total. The number of carboxylic acids is 1. The van der Waals surface area contributed by atoms with Gasteiger partial charge in [0.25, 0.3) is 0 Å². The highest BCUT2D eigenvalue weighted by Gasteiger charge is 2.21. The van der Waals surface area contributed by atoms with Gasteiger partial charge in [0.05, 0.1) is 18.6 Å². The quantitative estimate of drug-likeness (QED) is 0.677. The van der Waals surface area contributed by atoms with E-state index in [2.05, 4.69) is 4.74 Å². The summed E-state index contributed by atoms with van der Waals surface area (Å²) in [7, 11) is 1.35. The molecule has 0 fully saturated rings. The standard InChI is InChI=1S/C17H24O5S2/c1-17(2,3)13-6-11(7-23-9-14(18)19)5-12(16(13)21)8-24-10-15(20)22-4/h5-6,21H,7-10H2,1-4H3,(H,18,19). The molecule has 0 bridgehead atoms. The molecule has 2 N–H and O–H groups in total. The molecule has 0 amide bonds. The second kappa shape index (κ2) is 9.22. The van der Waals surface area contributed by atoms with Crippen molar-refractivity contribution in [1.29, 1.82) is 0 Å². The van der Waals surface area contributed by atoms with Crippen LogP contribution in [0.25, 0.3) is 0 Å². The molecule has 0 aromatic heterocycles. The highest BCUT2D eigenvalue weighted by atomic mass is 32.2. The Morgan fingerprint density at radius 3 is 2.29 bits per heavy atom. The first kappa shape index (κ1) is 20.7. The second-order valence-electron chi connectivity index (χ2n) is 6.36. The third-order valence-corrected chi connectivity index (χ3v) is 5.20. The molecular formula is C17H24O5S2. The number of phenolic OH excluding ortho intramolecular Hbond substituents is 1. The van der Waals surface area contributed by atoms with Gasteiger partial charge >= 0.3 is 11.9 Å². The molecule has 0 saturated carbocycles. The second-order valence-corrected chi connectivity index (χ2v) is 8.33. The largest absolute Gasteiger partial charge is 0.507 e. The lowest BCUT2D eigenvalue weighted by molar-refractivity contribution is -0.137. The molecule has 0 aliphatic carbocycles. The van der Waals surface area contributed by atoms with E-state index >= 15 is 0 Å². The predicted octanol–water partition coefficient (Wildman–Crippen LogP) is 3.41. The molecule has 0 atom stereocenters. The number of carbonyl (C=O) groups is 2. The predicted molar refractivity (Wildman–Crippen MR) is 98.8 cm³/mol. The lowest BCUT2D eigenvalue weighted by Crippen LogP contribution is -2.13. The monoisotopic (exact) mass is 372 g/mol. The summed E-state index contributed by atoms with van der Waals surface area (Å²) in [4.78, 5) is 21.9. The lowest BCUT2D eigenvalue weighted by Gasteiger charge is -2.23. The van der Waals surface area contributed by atoms with Gasteiger partial charge in [0.2, 0.25) is 0 Å². The van der Waals surface area contributed by atoms with Crippen molar-refractivity contribution in [1.82, 2.24) is 0 Å². The topological polar surface area (TPSA) is 83.8 Å². The molecule has 134 valence electrons. The number of benzene rings is 1. The zero-order valence-corrected chi connectivity index (χ0v) is 16.1. The molecule has 0 heterocycles. The molecule has 0 saturated heterocycles. The van der Waals surface area contributed by atoms with Gasteiger partial charge < -0.3 is 14.9 Å². The van der Waals surface area contributed by atoms with Crippen molar-refractivity contribution < 1.29 is 24.5 Å². The van der Waals surface area contributed by atoms with Crippen LogP contribution in [0, 0.1) is 0 Å². The normalized spacial score (nSPS) is 11.3. The van der Waals surface area contributed by atoms with Gasteiger partial charge in [-0.05, 0) is 16.5 Å². The zero-order chi connectivity index (χ0) is 18.3. The van der Waals surface area contributed by atoms with E-state index in [4.69, 9.17) is 5.11 Å². The van der Waals surface area contributed by atoms with Crippen LogP contribution < -0.4 is 0 Å². The fourth-order valence-corrected chi connectivity index (χ4v) is 3.59. The van der Waals surface area contributed by atoms with E-state index in [1.807, 2.05) is 32.9 Å². The Labute approximate surface area is 151 Å². The minimum atomic E-state index is -0.844.